The summed E-state index contributed by atoms with van der Waals surface area (Å²) in [5.74, 6) is -0.123. The Hall–Kier alpha value is -2.04. The number of amides is 2. The van der Waals surface area contributed by atoms with Crippen LogP contribution in [-0.2, 0) is 22.5 Å². The highest BCUT2D eigenvalue weighted by Gasteiger charge is 2.45. The molecule has 0 aromatic heterocycles. The second-order valence-electron chi connectivity index (χ2n) is 8.22. The summed E-state index contributed by atoms with van der Waals surface area (Å²) < 4.78 is 5.52. The van der Waals surface area contributed by atoms with Gasteiger partial charge in [0.25, 0.3) is 0 Å². The molecule has 1 atom stereocenters. The molecule has 2 amide bonds. The van der Waals surface area contributed by atoms with Crippen molar-refractivity contribution in [1.82, 2.24) is 10.2 Å². The molecule has 1 aromatic carbocycles. The van der Waals surface area contributed by atoms with Crippen LogP contribution in [0.15, 0.2) is 24.3 Å². The van der Waals surface area contributed by atoms with Crippen molar-refractivity contribution in [3.63, 3.8) is 0 Å². The number of nitrogens with one attached hydrogen (secondary N) is 1. The molecule has 5 nitrogen and oxygen atoms in total. The molecule has 2 rings (SSSR count). The maximum absolute atomic E-state index is 12.9. The SMILES string of the molecule is CCc1ccc(CNC(=O)C2(C)CCCCN2C(=O)OC(C)(C)C)cc1. The van der Waals surface area contributed by atoms with Gasteiger partial charge in [-0.15, -0.1) is 0 Å². The van der Waals surface area contributed by atoms with Crippen molar-refractivity contribution in [3.05, 3.63) is 35.4 Å². The second kappa shape index (κ2) is 8.11. The summed E-state index contributed by atoms with van der Waals surface area (Å²) in [6.45, 7) is 10.5. The highest BCUT2D eigenvalue weighted by molar-refractivity contribution is 5.89. The number of hydrogen-bond donors (Lipinski definition) is 1. The van der Waals surface area contributed by atoms with Gasteiger partial charge in [-0.25, -0.2) is 4.79 Å². The summed E-state index contributed by atoms with van der Waals surface area (Å²) in [6, 6.07) is 8.23. The zero-order valence-corrected chi connectivity index (χ0v) is 16.7. The van der Waals surface area contributed by atoms with Gasteiger partial charge in [0.15, 0.2) is 0 Å². The lowest BCUT2D eigenvalue weighted by atomic mass is 9.87. The van der Waals surface area contributed by atoms with E-state index in [4.69, 9.17) is 4.74 Å². The number of rotatable bonds is 4. The van der Waals surface area contributed by atoms with Crippen LogP contribution in [0.3, 0.4) is 0 Å². The molecule has 1 N–H and O–H groups in total. The van der Waals surface area contributed by atoms with Gasteiger partial charge in [-0.2, -0.15) is 0 Å². The molecule has 0 radical (unpaired) electrons. The molecule has 144 valence electrons. The Morgan fingerprint density at radius 3 is 2.35 bits per heavy atom. The first kappa shape index (κ1) is 20.3. The fourth-order valence-electron chi connectivity index (χ4n) is 3.23. The van der Waals surface area contributed by atoms with Crippen molar-refractivity contribution in [2.75, 3.05) is 6.54 Å². The molecule has 1 saturated heterocycles. The quantitative estimate of drug-likeness (QED) is 0.881. The van der Waals surface area contributed by atoms with Crippen molar-refractivity contribution in [2.24, 2.45) is 0 Å². The fourth-order valence-corrected chi connectivity index (χ4v) is 3.23. The van der Waals surface area contributed by atoms with Crippen molar-refractivity contribution in [1.29, 1.82) is 0 Å². The van der Waals surface area contributed by atoms with Gasteiger partial charge in [-0.3, -0.25) is 9.69 Å². The summed E-state index contributed by atoms with van der Waals surface area (Å²) in [6.07, 6.45) is 3.04. The molecular formula is C21H32N2O3. The molecule has 0 spiro atoms. The zero-order chi connectivity index (χ0) is 19.4. The van der Waals surface area contributed by atoms with Crippen LogP contribution in [-0.4, -0.2) is 34.6 Å². The van der Waals surface area contributed by atoms with Crippen LogP contribution in [0, 0.1) is 0 Å². The molecule has 1 aliphatic rings. The molecular weight excluding hydrogens is 328 g/mol. The standard InChI is InChI=1S/C21H32N2O3/c1-6-16-9-11-17(12-10-16)15-22-18(24)21(5)13-7-8-14-23(21)19(25)26-20(2,3)4/h9-12H,6-8,13-15H2,1-5H3,(H,22,24). The number of benzene rings is 1. The minimum Gasteiger partial charge on any atom is -0.444 e. The summed E-state index contributed by atoms with van der Waals surface area (Å²) in [5.41, 5.74) is 0.880. The first-order valence-electron chi connectivity index (χ1n) is 9.52. The van der Waals surface area contributed by atoms with Crippen LogP contribution < -0.4 is 5.32 Å². The van der Waals surface area contributed by atoms with Crippen molar-refractivity contribution in [2.45, 2.75) is 78.0 Å². The molecule has 1 aromatic rings. The first-order valence-corrected chi connectivity index (χ1v) is 9.52. The number of likely N-dealkylation sites (tertiary alicyclic amines) is 1. The molecule has 1 heterocycles. The van der Waals surface area contributed by atoms with Crippen LogP contribution in [0.2, 0.25) is 0 Å². The normalized spacial score (nSPS) is 20.6. The third-order valence-electron chi connectivity index (χ3n) is 4.88. The molecule has 5 heteroatoms. The van der Waals surface area contributed by atoms with E-state index in [2.05, 4.69) is 24.4 Å². The molecule has 1 fully saturated rings. The molecule has 0 saturated carbocycles. The Morgan fingerprint density at radius 2 is 1.77 bits per heavy atom. The van der Waals surface area contributed by atoms with E-state index in [0.717, 1.165) is 24.8 Å². The number of piperidine rings is 1. The number of nitrogens with zero attached hydrogens (tertiary/aromatic N) is 1. The maximum atomic E-state index is 12.9. The Labute approximate surface area is 157 Å². The third kappa shape index (κ3) is 4.99. The van der Waals surface area contributed by atoms with Gasteiger partial charge < -0.3 is 10.1 Å². The van der Waals surface area contributed by atoms with Crippen LogP contribution in [0.1, 0.15) is 65.0 Å². The average molecular weight is 360 g/mol. The number of aryl methyl sites for hydroxylation is 1. The van der Waals surface area contributed by atoms with Gasteiger partial charge in [0.1, 0.15) is 11.1 Å². The van der Waals surface area contributed by atoms with Crippen molar-refractivity contribution < 1.29 is 14.3 Å². The van der Waals surface area contributed by atoms with E-state index in [9.17, 15) is 9.59 Å². The van der Waals surface area contributed by atoms with E-state index in [1.807, 2.05) is 39.8 Å². The maximum Gasteiger partial charge on any atom is 0.411 e. The number of ether oxygens (including phenoxy) is 1. The lowest BCUT2D eigenvalue weighted by Gasteiger charge is -2.43. The molecule has 1 unspecified atom stereocenters. The van der Waals surface area contributed by atoms with E-state index in [1.165, 1.54) is 5.56 Å². The number of hydrogen-bond acceptors (Lipinski definition) is 3. The molecule has 0 bridgehead atoms. The van der Waals surface area contributed by atoms with E-state index in [0.29, 0.717) is 19.5 Å². The third-order valence-corrected chi connectivity index (χ3v) is 4.88. The number of carbonyl (C=O) groups excluding carboxylic acids is 2. The zero-order valence-electron chi connectivity index (χ0n) is 16.7. The minimum absolute atomic E-state index is 0.123. The van der Waals surface area contributed by atoms with Crippen molar-refractivity contribution in [3.8, 4) is 0 Å². The predicted octanol–water partition coefficient (Wildman–Crippen LogP) is 4.04. The van der Waals surface area contributed by atoms with Crippen LogP contribution in [0.5, 0.6) is 0 Å². The lowest BCUT2D eigenvalue weighted by Crippen LogP contribution is -2.61. The summed E-state index contributed by atoms with van der Waals surface area (Å²) in [7, 11) is 0. The highest BCUT2D eigenvalue weighted by Crippen LogP contribution is 2.30. The topological polar surface area (TPSA) is 58.6 Å². The van der Waals surface area contributed by atoms with Gasteiger partial charge in [0.2, 0.25) is 5.91 Å². The van der Waals surface area contributed by atoms with Gasteiger partial charge >= 0.3 is 6.09 Å². The number of carbonyl (C=O) groups is 2. The Balaban J connectivity index is 2.06. The summed E-state index contributed by atoms with van der Waals surface area (Å²) in [5, 5.41) is 3.01. The summed E-state index contributed by atoms with van der Waals surface area (Å²) in [4.78, 5) is 27.1. The Morgan fingerprint density at radius 1 is 1.15 bits per heavy atom. The molecule has 26 heavy (non-hydrogen) atoms. The predicted molar refractivity (Wildman–Crippen MR) is 103 cm³/mol. The average Bonchev–Trinajstić information content (AvgIpc) is 2.58. The largest absolute Gasteiger partial charge is 0.444 e. The van der Waals surface area contributed by atoms with Crippen LogP contribution in [0.4, 0.5) is 4.79 Å². The summed E-state index contributed by atoms with van der Waals surface area (Å²) >= 11 is 0. The molecule has 1 aliphatic heterocycles. The Kier molecular flexibility index (Phi) is 6.32. The fraction of sp³-hybridized carbons (Fsp3) is 0.619. The van der Waals surface area contributed by atoms with E-state index in [1.54, 1.807) is 4.90 Å². The van der Waals surface area contributed by atoms with Gasteiger partial charge in [-0.05, 0) is 64.5 Å². The Bertz CT molecular complexity index is 634. The second-order valence-corrected chi connectivity index (χ2v) is 8.22. The van der Waals surface area contributed by atoms with Gasteiger partial charge in [-0.1, -0.05) is 31.2 Å². The smallest absolute Gasteiger partial charge is 0.411 e. The van der Waals surface area contributed by atoms with Gasteiger partial charge in [0.05, 0.1) is 0 Å². The van der Waals surface area contributed by atoms with Crippen LogP contribution in [0.25, 0.3) is 0 Å². The lowest BCUT2D eigenvalue weighted by molar-refractivity contribution is -0.134. The highest BCUT2D eigenvalue weighted by atomic mass is 16.6. The van der Waals surface area contributed by atoms with Gasteiger partial charge in [0, 0.05) is 13.1 Å². The molecule has 0 aliphatic carbocycles. The minimum atomic E-state index is -0.871. The van der Waals surface area contributed by atoms with E-state index in [-0.39, 0.29) is 5.91 Å². The van der Waals surface area contributed by atoms with E-state index >= 15 is 0 Å². The van der Waals surface area contributed by atoms with Crippen molar-refractivity contribution >= 4 is 12.0 Å². The van der Waals surface area contributed by atoms with Crippen LogP contribution >= 0.6 is 0 Å². The first-order chi connectivity index (χ1) is 12.2. The van der Waals surface area contributed by atoms with E-state index < -0.39 is 17.2 Å². The monoisotopic (exact) mass is 360 g/mol.